The first-order valence-electron chi connectivity index (χ1n) is 6.79. The summed E-state index contributed by atoms with van der Waals surface area (Å²) in [5.74, 6) is 0. The Morgan fingerprint density at radius 2 is 1.76 bits per heavy atom. The maximum Gasteiger partial charge on any atom is 0.332 e. The molecule has 8 heteroatoms. The maximum atomic E-state index is 13.0. The van der Waals surface area contributed by atoms with Crippen molar-refractivity contribution in [1.29, 1.82) is 0 Å². The van der Waals surface area contributed by atoms with Crippen LogP contribution in [0.1, 0.15) is 32.6 Å². The highest BCUT2D eigenvalue weighted by Crippen LogP contribution is 2.26. The van der Waals surface area contributed by atoms with Crippen molar-refractivity contribution in [2.24, 2.45) is 0 Å². The minimum atomic E-state index is -4.92. The van der Waals surface area contributed by atoms with E-state index in [2.05, 4.69) is 0 Å². The summed E-state index contributed by atoms with van der Waals surface area (Å²) in [5.41, 5.74) is 0. The molecule has 1 aliphatic heterocycles. The second-order valence-corrected chi connectivity index (χ2v) is 8.46. The van der Waals surface area contributed by atoms with Crippen molar-refractivity contribution < 1.29 is 20.7 Å². The third-order valence-electron chi connectivity index (χ3n) is 3.69. The van der Waals surface area contributed by atoms with Gasteiger partial charge in [-0.15, -0.1) is 3.89 Å². The minimum absolute atomic E-state index is 0.150. The van der Waals surface area contributed by atoms with Gasteiger partial charge < -0.3 is 0 Å². The second kappa shape index (κ2) is 6.02. The molecule has 1 aromatic carbocycles. The predicted molar refractivity (Wildman–Crippen MR) is 76.6 cm³/mol. The van der Waals surface area contributed by atoms with E-state index in [4.69, 9.17) is 0 Å². The highest BCUT2D eigenvalue weighted by Gasteiger charge is 2.30. The van der Waals surface area contributed by atoms with Gasteiger partial charge in [0, 0.05) is 12.6 Å². The zero-order valence-electron chi connectivity index (χ0n) is 11.7. The number of sulfonamides is 1. The van der Waals surface area contributed by atoms with Gasteiger partial charge in [-0.2, -0.15) is 12.7 Å². The molecule has 1 unspecified atom stereocenters. The van der Waals surface area contributed by atoms with E-state index < -0.39 is 25.1 Å². The van der Waals surface area contributed by atoms with Crippen LogP contribution in [0.15, 0.2) is 34.1 Å². The highest BCUT2D eigenvalue weighted by molar-refractivity contribution is 7.89. The maximum absolute atomic E-state index is 13.0. The van der Waals surface area contributed by atoms with Gasteiger partial charge in [-0.1, -0.05) is 18.9 Å². The molecule has 2 rings (SSSR count). The number of hydrogen-bond donors (Lipinski definition) is 0. The van der Waals surface area contributed by atoms with Crippen molar-refractivity contribution in [3.8, 4) is 0 Å². The normalized spacial score (nSPS) is 21.9. The van der Waals surface area contributed by atoms with Crippen LogP contribution < -0.4 is 0 Å². The third-order valence-corrected chi connectivity index (χ3v) is 6.51. The van der Waals surface area contributed by atoms with Gasteiger partial charge in [-0.05, 0) is 38.0 Å². The molecule has 0 amide bonds. The van der Waals surface area contributed by atoms with E-state index in [1.807, 2.05) is 6.92 Å². The quantitative estimate of drug-likeness (QED) is 0.795. The molecule has 0 radical (unpaired) electrons. The smallest absolute Gasteiger partial charge is 0.207 e. The summed E-state index contributed by atoms with van der Waals surface area (Å²) in [6.45, 7) is 2.23. The molecule has 0 bridgehead atoms. The molecule has 1 atom stereocenters. The average Bonchev–Trinajstić information content (AvgIpc) is 2.63. The van der Waals surface area contributed by atoms with Gasteiger partial charge in [0.15, 0.2) is 0 Å². The molecule has 1 heterocycles. The Balaban J connectivity index is 2.44. The van der Waals surface area contributed by atoms with Crippen molar-refractivity contribution in [2.45, 2.75) is 48.4 Å². The third kappa shape index (κ3) is 3.61. The van der Waals surface area contributed by atoms with Crippen LogP contribution in [0.4, 0.5) is 3.89 Å². The van der Waals surface area contributed by atoms with Crippen LogP contribution >= 0.6 is 0 Å². The second-order valence-electron chi connectivity index (χ2n) is 5.23. The first-order valence-corrected chi connectivity index (χ1v) is 9.62. The Morgan fingerprint density at radius 1 is 1.10 bits per heavy atom. The zero-order chi connectivity index (χ0) is 15.7. The van der Waals surface area contributed by atoms with E-state index in [0.717, 1.165) is 37.8 Å². The lowest BCUT2D eigenvalue weighted by Gasteiger charge is -2.26. The van der Waals surface area contributed by atoms with Gasteiger partial charge in [-0.25, -0.2) is 8.42 Å². The number of nitrogens with zero attached hydrogens (tertiary/aromatic N) is 1. The largest absolute Gasteiger partial charge is 0.332 e. The van der Waals surface area contributed by atoms with Gasteiger partial charge >= 0.3 is 10.2 Å². The van der Waals surface area contributed by atoms with Gasteiger partial charge in [0.2, 0.25) is 10.0 Å². The van der Waals surface area contributed by atoms with E-state index in [9.17, 15) is 20.7 Å². The SMILES string of the molecule is CC1CCCCCN1S(=O)(=O)c1cccc(S(=O)(=O)F)c1. The van der Waals surface area contributed by atoms with Crippen molar-refractivity contribution in [3.05, 3.63) is 24.3 Å². The number of benzene rings is 1. The molecular weight excluding hydrogens is 317 g/mol. The Morgan fingerprint density at radius 3 is 2.43 bits per heavy atom. The van der Waals surface area contributed by atoms with Crippen LogP contribution in [0.3, 0.4) is 0 Å². The van der Waals surface area contributed by atoms with E-state index in [1.54, 1.807) is 0 Å². The van der Waals surface area contributed by atoms with Crippen molar-refractivity contribution in [1.82, 2.24) is 4.31 Å². The molecule has 1 aliphatic rings. The summed E-state index contributed by atoms with van der Waals surface area (Å²) in [6.07, 6.45) is 3.46. The van der Waals surface area contributed by atoms with Crippen molar-refractivity contribution in [2.75, 3.05) is 6.54 Å². The highest BCUT2D eigenvalue weighted by atomic mass is 32.3. The Labute approximate surface area is 125 Å². The summed E-state index contributed by atoms with van der Waals surface area (Å²) in [7, 11) is -8.74. The molecule has 21 heavy (non-hydrogen) atoms. The molecule has 0 saturated carbocycles. The molecule has 0 aliphatic carbocycles. The van der Waals surface area contributed by atoms with Crippen molar-refractivity contribution >= 4 is 20.2 Å². The number of halogens is 1. The number of rotatable bonds is 3. The molecule has 118 valence electrons. The summed E-state index contributed by atoms with van der Waals surface area (Å²) >= 11 is 0. The molecule has 1 saturated heterocycles. The molecule has 0 spiro atoms. The van der Waals surface area contributed by atoms with Crippen LogP contribution in [0.2, 0.25) is 0 Å². The fourth-order valence-corrected chi connectivity index (χ4v) is 4.86. The Kier molecular flexibility index (Phi) is 4.69. The van der Waals surface area contributed by atoms with E-state index in [0.29, 0.717) is 6.54 Å². The lowest BCUT2D eigenvalue weighted by molar-refractivity contribution is 0.342. The fourth-order valence-electron chi connectivity index (χ4n) is 2.53. The van der Waals surface area contributed by atoms with Gasteiger partial charge in [0.05, 0.1) is 9.79 Å². The van der Waals surface area contributed by atoms with Crippen molar-refractivity contribution in [3.63, 3.8) is 0 Å². The Hall–Kier alpha value is -0.990. The monoisotopic (exact) mass is 335 g/mol. The van der Waals surface area contributed by atoms with Crippen LogP contribution in [0.5, 0.6) is 0 Å². The van der Waals surface area contributed by atoms with E-state index in [1.165, 1.54) is 16.4 Å². The van der Waals surface area contributed by atoms with Gasteiger partial charge in [0.1, 0.15) is 0 Å². The summed E-state index contributed by atoms with van der Waals surface area (Å²) in [6, 6.07) is 4.30. The summed E-state index contributed by atoms with van der Waals surface area (Å²) < 4.78 is 61.6. The standard InChI is InChI=1S/C13H18FNO4S2/c1-11-6-3-2-4-9-15(11)21(18,19)13-8-5-7-12(10-13)20(14,16)17/h5,7-8,10-11H,2-4,6,9H2,1H3. The molecule has 1 fully saturated rings. The van der Waals surface area contributed by atoms with Crippen LogP contribution in [0, 0.1) is 0 Å². The first-order chi connectivity index (χ1) is 9.73. The lowest BCUT2D eigenvalue weighted by atomic mass is 10.1. The van der Waals surface area contributed by atoms with Crippen LogP contribution in [-0.2, 0) is 20.2 Å². The molecule has 0 aromatic heterocycles. The van der Waals surface area contributed by atoms with Crippen LogP contribution in [-0.4, -0.2) is 33.7 Å². The van der Waals surface area contributed by atoms with Gasteiger partial charge in [-0.3, -0.25) is 0 Å². The first kappa shape index (κ1) is 16.4. The van der Waals surface area contributed by atoms with Gasteiger partial charge in [0.25, 0.3) is 0 Å². The lowest BCUT2D eigenvalue weighted by Crippen LogP contribution is -2.38. The molecule has 5 nitrogen and oxygen atoms in total. The molecule has 1 aromatic rings. The zero-order valence-corrected chi connectivity index (χ0v) is 13.3. The predicted octanol–water partition coefficient (Wildman–Crippen LogP) is 2.30. The van der Waals surface area contributed by atoms with E-state index >= 15 is 0 Å². The summed E-state index contributed by atoms with van der Waals surface area (Å²) in [5, 5.41) is 0. The van der Waals surface area contributed by atoms with E-state index in [-0.39, 0.29) is 10.9 Å². The topological polar surface area (TPSA) is 71.5 Å². The number of hydrogen-bond acceptors (Lipinski definition) is 4. The Bertz CT molecular complexity index is 715. The fraction of sp³-hybridized carbons (Fsp3) is 0.538. The molecule has 0 N–H and O–H groups in total. The molecular formula is C13H18FNO4S2. The summed E-state index contributed by atoms with van der Waals surface area (Å²) in [4.78, 5) is -0.818. The average molecular weight is 335 g/mol. The minimum Gasteiger partial charge on any atom is -0.207 e. The van der Waals surface area contributed by atoms with Crippen LogP contribution in [0.25, 0.3) is 0 Å².